The number of aromatic nitrogens is 2. The van der Waals surface area contributed by atoms with E-state index >= 15 is 0 Å². The molecule has 5 heteroatoms. The zero-order chi connectivity index (χ0) is 12.4. The topological polar surface area (TPSA) is 47.0 Å². The van der Waals surface area contributed by atoms with Crippen molar-refractivity contribution in [1.82, 2.24) is 9.97 Å². The number of ether oxygens (including phenoxy) is 1. The summed E-state index contributed by atoms with van der Waals surface area (Å²) in [6, 6.07) is 0. The molecule has 0 aliphatic carbocycles. The Morgan fingerprint density at radius 2 is 2.18 bits per heavy atom. The fraction of sp³-hybridized carbons (Fsp3) is 0.500. The average molecular weight is 251 g/mol. The number of thiophene rings is 1. The highest BCUT2D eigenvalue weighted by atomic mass is 32.1. The van der Waals surface area contributed by atoms with Gasteiger partial charge in [0, 0.05) is 13.7 Å². The summed E-state index contributed by atoms with van der Waals surface area (Å²) < 4.78 is 5.22. The number of fused-ring (bicyclic) bond motifs is 1. The molecule has 0 aromatic carbocycles. The lowest BCUT2D eigenvalue weighted by molar-refractivity contribution is 0.128. The molecule has 1 atom stereocenters. The molecule has 0 spiro atoms. The van der Waals surface area contributed by atoms with Crippen molar-refractivity contribution < 1.29 is 4.74 Å². The third-order valence-electron chi connectivity index (χ3n) is 2.69. The van der Waals surface area contributed by atoms with Crippen molar-refractivity contribution in [2.75, 3.05) is 19.0 Å². The van der Waals surface area contributed by atoms with E-state index in [0.717, 1.165) is 28.4 Å². The van der Waals surface area contributed by atoms with E-state index in [9.17, 15) is 0 Å². The van der Waals surface area contributed by atoms with Gasteiger partial charge in [-0.25, -0.2) is 9.97 Å². The van der Waals surface area contributed by atoms with Crippen LogP contribution in [0.25, 0.3) is 10.2 Å². The van der Waals surface area contributed by atoms with Crippen LogP contribution < -0.4 is 5.32 Å². The molecule has 2 aromatic rings. The number of anilines is 1. The standard InChI is InChI=1S/C12H17N3OS/c1-7-6-17-12-10(7)11(14-9(3)15-12)13-5-8(2)16-4/h6,8H,5H2,1-4H3,(H,13,14,15). The van der Waals surface area contributed by atoms with Crippen molar-refractivity contribution in [2.45, 2.75) is 26.9 Å². The lowest BCUT2D eigenvalue weighted by Crippen LogP contribution is -2.19. The van der Waals surface area contributed by atoms with Gasteiger partial charge in [-0.1, -0.05) is 0 Å². The van der Waals surface area contributed by atoms with Crippen molar-refractivity contribution in [3.63, 3.8) is 0 Å². The Labute approximate surface area is 105 Å². The number of rotatable bonds is 4. The van der Waals surface area contributed by atoms with E-state index in [0.29, 0.717) is 0 Å². The van der Waals surface area contributed by atoms with Crippen LogP contribution in [0.2, 0.25) is 0 Å². The van der Waals surface area contributed by atoms with Crippen LogP contribution in [-0.4, -0.2) is 29.7 Å². The molecule has 1 unspecified atom stereocenters. The zero-order valence-corrected chi connectivity index (χ0v) is 11.4. The molecule has 92 valence electrons. The minimum atomic E-state index is 0.166. The molecule has 2 rings (SSSR count). The van der Waals surface area contributed by atoms with Gasteiger partial charge in [0.15, 0.2) is 0 Å². The lowest BCUT2D eigenvalue weighted by Gasteiger charge is -2.12. The zero-order valence-electron chi connectivity index (χ0n) is 10.6. The highest BCUT2D eigenvalue weighted by Crippen LogP contribution is 2.29. The molecule has 0 aliphatic heterocycles. The summed E-state index contributed by atoms with van der Waals surface area (Å²) in [6.45, 7) is 6.78. The maximum Gasteiger partial charge on any atom is 0.138 e. The largest absolute Gasteiger partial charge is 0.380 e. The van der Waals surface area contributed by atoms with Crippen molar-refractivity contribution >= 4 is 27.4 Å². The summed E-state index contributed by atoms with van der Waals surface area (Å²) in [5.41, 5.74) is 1.22. The van der Waals surface area contributed by atoms with Gasteiger partial charge < -0.3 is 10.1 Å². The van der Waals surface area contributed by atoms with Crippen LogP contribution in [0.3, 0.4) is 0 Å². The minimum Gasteiger partial charge on any atom is -0.380 e. The lowest BCUT2D eigenvalue weighted by atomic mass is 10.2. The van der Waals surface area contributed by atoms with Gasteiger partial charge in [0.1, 0.15) is 16.5 Å². The Balaban J connectivity index is 2.34. The van der Waals surface area contributed by atoms with Gasteiger partial charge in [0.25, 0.3) is 0 Å². The van der Waals surface area contributed by atoms with Gasteiger partial charge in [0.05, 0.1) is 11.5 Å². The molecule has 1 N–H and O–H groups in total. The highest BCUT2D eigenvalue weighted by molar-refractivity contribution is 7.17. The van der Waals surface area contributed by atoms with Gasteiger partial charge in [-0.2, -0.15) is 0 Å². The second kappa shape index (κ2) is 4.98. The van der Waals surface area contributed by atoms with Crippen molar-refractivity contribution in [3.05, 3.63) is 16.8 Å². The predicted octanol–water partition coefficient (Wildman–Crippen LogP) is 2.75. The van der Waals surface area contributed by atoms with Crippen LogP contribution in [-0.2, 0) is 4.74 Å². The summed E-state index contributed by atoms with van der Waals surface area (Å²) in [5, 5.41) is 6.58. The van der Waals surface area contributed by atoms with Crippen molar-refractivity contribution in [3.8, 4) is 0 Å². The SMILES string of the molecule is COC(C)CNc1nc(C)nc2scc(C)c12. The molecule has 17 heavy (non-hydrogen) atoms. The van der Waals surface area contributed by atoms with E-state index in [1.807, 2.05) is 13.8 Å². The summed E-state index contributed by atoms with van der Waals surface area (Å²) in [5.74, 6) is 1.71. The van der Waals surface area contributed by atoms with E-state index < -0.39 is 0 Å². The molecule has 4 nitrogen and oxygen atoms in total. The first-order valence-electron chi connectivity index (χ1n) is 5.61. The maximum absolute atomic E-state index is 5.22. The fourth-order valence-electron chi connectivity index (χ4n) is 1.64. The normalized spacial score (nSPS) is 12.9. The Morgan fingerprint density at radius 3 is 2.88 bits per heavy atom. The van der Waals surface area contributed by atoms with Gasteiger partial charge in [-0.05, 0) is 31.7 Å². The molecular weight excluding hydrogens is 234 g/mol. The third-order valence-corrected chi connectivity index (χ3v) is 3.68. The molecule has 0 saturated carbocycles. The molecule has 0 aliphatic rings. The number of nitrogens with one attached hydrogen (secondary N) is 1. The average Bonchev–Trinajstić information content (AvgIpc) is 2.67. The number of aryl methyl sites for hydroxylation is 2. The minimum absolute atomic E-state index is 0.166. The smallest absolute Gasteiger partial charge is 0.138 e. The molecule has 2 aromatic heterocycles. The van der Waals surface area contributed by atoms with Crippen molar-refractivity contribution in [1.29, 1.82) is 0 Å². The van der Waals surface area contributed by atoms with Crippen LogP contribution in [0.15, 0.2) is 5.38 Å². The second-order valence-corrected chi connectivity index (χ2v) is 5.00. The first-order valence-corrected chi connectivity index (χ1v) is 6.49. The maximum atomic E-state index is 5.22. The number of hydrogen-bond donors (Lipinski definition) is 1. The van der Waals surface area contributed by atoms with Crippen molar-refractivity contribution in [2.24, 2.45) is 0 Å². The summed E-state index contributed by atoms with van der Waals surface area (Å²) in [4.78, 5) is 9.95. The molecule has 0 bridgehead atoms. The van der Waals surface area contributed by atoms with E-state index in [1.54, 1.807) is 18.4 Å². The van der Waals surface area contributed by atoms with E-state index in [-0.39, 0.29) is 6.10 Å². The van der Waals surface area contributed by atoms with E-state index in [4.69, 9.17) is 4.74 Å². The number of methoxy groups -OCH3 is 1. The van der Waals surface area contributed by atoms with Crippen LogP contribution in [0.4, 0.5) is 5.82 Å². The first-order chi connectivity index (χ1) is 8.11. The highest BCUT2D eigenvalue weighted by Gasteiger charge is 2.10. The monoisotopic (exact) mass is 251 g/mol. The Morgan fingerprint density at radius 1 is 1.41 bits per heavy atom. The first kappa shape index (κ1) is 12.3. The Hall–Kier alpha value is -1.20. The molecule has 2 heterocycles. The van der Waals surface area contributed by atoms with Gasteiger partial charge in [-0.3, -0.25) is 0 Å². The van der Waals surface area contributed by atoms with E-state index in [2.05, 4.69) is 27.6 Å². The van der Waals surface area contributed by atoms with Crippen LogP contribution in [0, 0.1) is 13.8 Å². The predicted molar refractivity (Wildman–Crippen MR) is 71.8 cm³/mol. The number of hydrogen-bond acceptors (Lipinski definition) is 5. The molecular formula is C12H17N3OS. The molecule has 0 saturated heterocycles. The quantitative estimate of drug-likeness (QED) is 0.907. The fourth-order valence-corrected chi connectivity index (χ4v) is 2.61. The molecule has 0 radical (unpaired) electrons. The van der Waals surface area contributed by atoms with Gasteiger partial charge in [-0.15, -0.1) is 11.3 Å². The van der Waals surface area contributed by atoms with Gasteiger partial charge in [0.2, 0.25) is 0 Å². The van der Waals surface area contributed by atoms with Crippen LogP contribution >= 0.6 is 11.3 Å². The molecule has 0 amide bonds. The molecule has 0 fully saturated rings. The summed E-state index contributed by atoms with van der Waals surface area (Å²) in [6.07, 6.45) is 0.166. The second-order valence-electron chi connectivity index (χ2n) is 4.15. The third kappa shape index (κ3) is 2.56. The van der Waals surface area contributed by atoms with E-state index in [1.165, 1.54) is 5.56 Å². The van der Waals surface area contributed by atoms with Crippen LogP contribution in [0.5, 0.6) is 0 Å². The summed E-state index contributed by atoms with van der Waals surface area (Å²) >= 11 is 1.66. The summed E-state index contributed by atoms with van der Waals surface area (Å²) in [7, 11) is 1.71. The van der Waals surface area contributed by atoms with Gasteiger partial charge >= 0.3 is 0 Å². The Kier molecular flexibility index (Phi) is 3.59. The number of nitrogens with zero attached hydrogens (tertiary/aromatic N) is 2. The Bertz CT molecular complexity index is 524. The van der Waals surface area contributed by atoms with Crippen LogP contribution in [0.1, 0.15) is 18.3 Å².